The number of halogens is 2. The molecule has 0 heterocycles. The lowest BCUT2D eigenvalue weighted by Crippen LogP contribution is -2.29. The maximum atomic E-state index is 11.0. The van der Waals surface area contributed by atoms with Crippen LogP contribution in [0.5, 0.6) is 0 Å². The van der Waals surface area contributed by atoms with Crippen LogP contribution in [0.2, 0.25) is 5.02 Å². The normalized spacial score (nSPS) is 9.12. The number of hydrogen-bond donors (Lipinski definition) is 1. The van der Waals surface area contributed by atoms with Crippen molar-refractivity contribution < 1.29 is 9.90 Å². The number of carboxylic acid groups (broad SMARTS) is 1. The fraction of sp³-hybridized carbons (Fsp3) is 0.182. The molecule has 1 N–H and O–H groups in total. The quantitative estimate of drug-likeness (QED) is 0.654. The van der Waals surface area contributed by atoms with Crippen molar-refractivity contribution in [1.29, 1.82) is 0 Å². The monoisotopic (exact) mass is 257 g/mol. The van der Waals surface area contributed by atoms with Gasteiger partial charge in [0.15, 0.2) is 0 Å². The van der Waals surface area contributed by atoms with Crippen LogP contribution in [0, 0.1) is 11.8 Å². The minimum Gasteiger partial charge on any atom is -0.465 e. The topological polar surface area (TPSA) is 40.5 Å². The third kappa shape index (κ3) is 3.65. The Labute approximate surface area is 104 Å². The zero-order valence-corrected chi connectivity index (χ0v) is 9.79. The van der Waals surface area contributed by atoms with Crippen LogP contribution in [0.15, 0.2) is 24.3 Å². The lowest BCUT2D eigenvalue weighted by Gasteiger charge is -2.16. The number of benzene rings is 1. The molecule has 0 fully saturated rings. The first kappa shape index (κ1) is 12.7. The first-order valence-corrected chi connectivity index (χ1v) is 5.34. The molecular formula is C11H9Cl2NO2. The van der Waals surface area contributed by atoms with E-state index in [-0.39, 0.29) is 12.4 Å². The molecule has 16 heavy (non-hydrogen) atoms. The van der Waals surface area contributed by atoms with E-state index in [0.29, 0.717) is 10.7 Å². The van der Waals surface area contributed by atoms with Gasteiger partial charge in [-0.2, -0.15) is 0 Å². The Hall–Kier alpha value is -1.37. The van der Waals surface area contributed by atoms with Gasteiger partial charge in [0.05, 0.1) is 12.4 Å². The Morgan fingerprint density at radius 3 is 2.75 bits per heavy atom. The Kier molecular flexibility index (Phi) is 4.97. The summed E-state index contributed by atoms with van der Waals surface area (Å²) in [5.74, 6) is 5.43. The average molecular weight is 258 g/mol. The molecule has 0 unspecified atom stereocenters. The van der Waals surface area contributed by atoms with E-state index in [1.165, 1.54) is 0 Å². The third-order valence-corrected chi connectivity index (χ3v) is 2.15. The largest absolute Gasteiger partial charge is 0.465 e. The van der Waals surface area contributed by atoms with Crippen molar-refractivity contribution in [3.63, 3.8) is 0 Å². The van der Waals surface area contributed by atoms with Gasteiger partial charge in [0.2, 0.25) is 0 Å². The summed E-state index contributed by atoms with van der Waals surface area (Å²) in [7, 11) is 0. The summed E-state index contributed by atoms with van der Waals surface area (Å²) in [5, 5.41) is 9.48. The van der Waals surface area contributed by atoms with E-state index in [4.69, 9.17) is 28.3 Å². The molecule has 1 aromatic rings. The van der Waals surface area contributed by atoms with Crippen LogP contribution < -0.4 is 4.90 Å². The maximum Gasteiger partial charge on any atom is 0.412 e. The lowest BCUT2D eigenvalue weighted by atomic mass is 10.3. The number of amides is 1. The lowest BCUT2D eigenvalue weighted by molar-refractivity contribution is 0.202. The molecule has 0 spiro atoms. The van der Waals surface area contributed by atoms with Crippen molar-refractivity contribution in [1.82, 2.24) is 0 Å². The van der Waals surface area contributed by atoms with Crippen molar-refractivity contribution in [3.8, 4) is 11.8 Å². The molecule has 0 radical (unpaired) electrons. The Bertz CT molecular complexity index is 437. The number of alkyl halides is 1. The summed E-state index contributed by atoms with van der Waals surface area (Å²) in [4.78, 5) is 12.1. The average Bonchev–Trinajstić information content (AvgIpc) is 2.24. The highest BCUT2D eigenvalue weighted by Gasteiger charge is 2.12. The van der Waals surface area contributed by atoms with Gasteiger partial charge >= 0.3 is 6.09 Å². The number of rotatable bonds is 2. The minimum atomic E-state index is -1.08. The molecule has 0 aliphatic carbocycles. The zero-order chi connectivity index (χ0) is 12.0. The minimum absolute atomic E-state index is 0.0718. The van der Waals surface area contributed by atoms with E-state index in [9.17, 15) is 4.79 Å². The second-order valence-corrected chi connectivity index (χ2v) is 3.54. The molecule has 0 saturated carbocycles. The van der Waals surface area contributed by atoms with Gasteiger partial charge in [-0.15, -0.1) is 11.6 Å². The van der Waals surface area contributed by atoms with E-state index in [1.54, 1.807) is 24.3 Å². The first-order valence-electron chi connectivity index (χ1n) is 4.43. The number of hydrogen-bond acceptors (Lipinski definition) is 1. The van der Waals surface area contributed by atoms with Gasteiger partial charge in [0.25, 0.3) is 0 Å². The van der Waals surface area contributed by atoms with Crippen LogP contribution in [0.25, 0.3) is 0 Å². The maximum absolute atomic E-state index is 11.0. The fourth-order valence-electron chi connectivity index (χ4n) is 1.10. The van der Waals surface area contributed by atoms with Gasteiger partial charge in [-0.1, -0.05) is 29.5 Å². The molecule has 5 heteroatoms. The van der Waals surface area contributed by atoms with E-state index >= 15 is 0 Å². The molecule has 0 bridgehead atoms. The molecule has 84 valence electrons. The Balaban J connectivity index is 2.89. The zero-order valence-electron chi connectivity index (χ0n) is 8.28. The van der Waals surface area contributed by atoms with Crippen molar-refractivity contribution in [2.75, 3.05) is 17.3 Å². The summed E-state index contributed by atoms with van der Waals surface area (Å²) >= 11 is 11.2. The fourth-order valence-corrected chi connectivity index (χ4v) is 1.37. The number of anilines is 1. The van der Waals surface area contributed by atoms with E-state index in [2.05, 4.69) is 11.8 Å². The van der Waals surface area contributed by atoms with E-state index < -0.39 is 6.09 Å². The molecular weight excluding hydrogens is 249 g/mol. The summed E-state index contributed by atoms with van der Waals surface area (Å²) in [6, 6.07) is 6.58. The highest BCUT2D eigenvalue weighted by atomic mass is 35.5. The summed E-state index contributed by atoms with van der Waals surface area (Å²) in [5.41, 5.74) is 0.490. The second-order valence-electron chi connectivity index (χ2n) is 2.84. The molecule has 1 amide bonds. The highest BCUT2D eigenvalue weighted by Crippen LogP contribution is 2.19. The molecule has 1 rings (SSSR count). The third-order valence-electron chi connectivity index (χ3n) is 1.78. The van der Waals surface area contributed by atoms with Gasteiger partial charge in [0.1, 0.15) is 0 Å². The van der Waals surface area contributed by atoms with Crippen LogP contribution in [0.3, 0.4) is 0 Å². The standard InChI is InChI=1S/C11H9Cl2NO2/c12-6-1-2-7-14(11(15)16)10-5-3-4-9(13)8-10/h3-5,8H,6-7H2,(H,15,16). The highest BCUT2D eigenvalue weighted by molar-refractivity contribution is 6.30. The summed E-state index contributed by atoms with van der Waals surface area (Å²) in [6.45, 7) is 0.0718. The molecule has 0 aromatic heterocycles. The Morgan fingerprint density at radius 2 is 2.19 bits per heavy atom. The summed E-state index contributed by atoms with van der Waals surface area (Å²) in [6.07, 6.45) is -1.08. The van der Waals surface area contributed by atoms with Crippen LogP contribution in [0.1, 0.15) is 0 Å². The van der Waals surface area contributed by atoms with Crippen molar-refractivity contribution in [2.45, 2.75) is 0 Å². The predicted molar refractivity (Wildman–Crippen MR) is 65.3 cm³/mol. The smallest absolute Gasteiger partial charge is 0.412 e. The number of carbonyl (C=O) groups is 1. The van der Waals surface area contributed by atoms with E-state index in [1.807, 2.05) is 0 Å². The van der Waals surface area contributed by atoms with Gasteiger partial charge in [-0.25, -0.2) is 4.79 Å². The van der Waals surface area contributed by atoms with Crippen LogP contribution in [-0.4, -0.2) is 23.6 Å². The van der Waals surface area contributed by atoms with Gasteiger partial charge in [0, 0.05) is 10.7 Å². The summed E-state index contributed by atoms with van der Waals surface area (Å²) < 4.78 is 0. The van der Waals surface area contributed by atoms with Crippen LogP contribution >= 0.6 is 23.2 Å². The molecule has 0 saturated heterocycles. The van der Waals surface area contributed by atoms with Crippen molar-refractivity contribution in [3.05, 3.63) is 29.3 Å². The number of nitrogens with zero attached hydrogens (tertiary/aromatic N) is 1. The SMILES string of the molecule is O=C(O)N(CC#CCCl)c1cccc(Cl)c1. The second kappa shape index (κ2) is 6.26. The predicted octanol–water partition coefficient (Wildman–Crippen LogP) is 3.07. The van der Waals surface area contributed by atoms with Crippen molar-refractivity contribution >= 4 is 35.0 Å². The Morgan fingerprint density at radius 1 is 1.44 bits per heavy atom. The molecule has 0 aliphatic rings. The molecule has 0 atom stereocenters. The molecule has 3 nitrogen and oxygen atoms in total. The van der Waals surface area contributed by atoms with Crippen molar-refractivity contribution in [2.24, 2.45) is 0 Å². The molecule has 0 aliphatic heterocycles. The van der Waals surface area contributed by atoms with Crippen LogP contribution in [-0.2, 0) is 0 Å². The van der Waals surface area contributed by atoms with E-state index in [0.717, 1.165) is 4.90 Å². The van der Waals surface area contributed by atoms with Crippen LogP contribution in [0.4, 0.5) is 10.5 Å². The van der Waals surface area contributed by atoms with Gasteiger partial charge in [-0.05, 0) is 18.2 Å². The first-order chi connectivity index (χ1) is 7.65. The molecule has 1 aromatic carbocycles. The van der Waals surface area contributed by atoms with Gasteiger partial charge in [-0.3, -0.25) is 4.90 Å². The van der Waals surface area contributed by atoms with Gasteiger partial charge < -0.3 is 5.11 Å².